The molecule has 210 valence electrons. The van der Waals surface area contributed by atoms with Gasteiger partial charge in [-0.2, -0.15) is 0 Å². The fourth-order valence-electron chi connectivity index (χ4n) is 4.40. The lowest BCUT2D eigenvalue weighted by atomic mass is 10.0. The Morgan fingerprint density at radius 2 is 1.80 bits per heavy atom. The van der Waals surface area contributed by atoms with E-state index in [-0.39, 0.29) is 46.3 Å². The van der Waals surface area contributed by atoms with Crippen molar-refractivity contribution < 1.29 is 32.5 Å². The number of aromatic carboxylic acids is 1. The number of methoxy groups -OCH3 is 1. The van der Waals surface area contributed by atoms with Crippen LogP contribution in [0.15, 0.2) is 66.7 Å². The maximum Gasteiger partial charge on any atom is 0.335 e. The number of halogens is 4. The van der Waals surface area contributed by atoms with Gasteiger partial charge in [0.15, 0.2) is 0 Å². The number of carbonyl (C=O) groups is 1. The molecule has 0 amide bonds. The van der Waals surface area contributed by atoms with Gasteiger partial charge in [-0.15, -0.1) is 0 Å². The molecule has 0 radical (unpaired) electrons. The Hall–Kier alpha value is -4.41. The molecule has 0 saturated carbocycles. The van der Waals surface area contributed by atoms with Gasteiger partial charge in [-0.3, -0.25) is 0 Å². The highest BCUT2D eigenvalue weighted by molar-refractivity contribution is 6.31. The summed E-state index contributed by atoms with van der Waals surface area (Å²) < 4.78 is 56.5. The molecule has 7 nitrogen and oxygen atoms in total. The number of hydrogen-bond donors (Lipinski definition) is 1. The van der Waals surface area contributed by atoms with E-state index in [2.05, 4.69) is 9.97 Å². The summed E-state index contributed by atoms with van der Waals surface area (Å²) in [5, 5.41) is 9.58. The van der Waals surface area contributed by atoms with Crippen molar-refractivity contribution in [1.29, 1.82) is 0 Å². The maximum atomic E-state index is 15.3. The number of fused-ring (bicyclic) bond motifs is 1. The lowest BCUT2D eigenvalue weighted by Crippen LogP contribution is -2.10. The van der Waals surface area contributed by atoms with Crippen LogP contribution >= 0.6 is 11.6 Å². The molecule has 0 saturated heterocycles. The standard InChI is InChI=1S/C30H23ClF3N3O4/c1-40-10-9-37-27-12-17(30(38)39)6-8-26(27)35-28(37)13-19-11-24(34)21(15-23(19)33)25-3-2-4-29(36-25)41-16-18-5-7-20(32)14-22(18)31/h2-8,11-12,14-15H,9-10,13,16H2,1H3,(H,38,39). The van der Waals surface area contributed by atoms with Crippen LogP contribution in [0.1, 0.15) is 27.3 Å². The smallest absolute Gasteiger partial charge is 0.335 e. The molecule has 0 aliphatic carbocycles. The molecule has 0 atom stereocenters. The minimum atomic E-state index is -1.08. The van der Waals surface area contributed by atoms with Crippen molar-refractivity contribution in [3.8, 4) is 17.1 Å². The van der Waals surface area contributed by atoms with Crippen molar-refractivity contribution in [3.63, 3.8) is 0 Å². The van der Waals surface area contributed by atoms with E-state index in [0.29, 0.717) is 35.6 Å². The number of rotatable bonds is 10. The summed E-state index contributed by atoms with van der Waals surface area (Å²) in [5.41, 5.74) is 1.87. The molecule has 11 heteroatoms. The summed E-state index contributed by atoms with van der Waals surface area (Å²) in [5.74, 6) is -2.33. The maximum absolute atomic E-state index is 15.3. The van der Waals surface area contributed by atoms with Crippen molar-refractivity contribution in [2.45, 2.75) is 19.6 Å². The summed E-state index contributed by atoms with van der Waals surface area (Å²) in [4.78, 5) is 20.3. The van der Waals surface area contributed by atoms with Gasteiger partial charge in [0, 0.05) is 37.3 Å². The first kappa shape index (κ1) is 28.1. The molecule has 0 fully saturated rings. The number of carboxylic acids is 1. The van der Waals surface area contributed by atoms with Crippen LogP contribution in [0.5, 0.6) is 5.88 Å². The Morgan fingerprint density at radius 1 is 0.976 bits per heavy atom. The summed E-state index contributed by atoms with van der Waals surface area (Å²) in [6.07, 6.45) is -0.0428. The number of imidazole rings is 1. The quantitative estimate of drug-likeness (QED) is 0.198. The molecule has 2 aromatic heterocycles. The minimum Gasteiger partial charge on any atom is -0.478 e. The van der Waals surface area contributed by atoms with Gasteiger partial charge in [0.2, 0.25) is 5.88 Å². The van der Waals surface area contributed by atoms with E-state index in [1.807, 2.05) is 0 Å². The summed E-state index contributed by atoms with van der Waals surface area (Å²) >= 11 is 6.04. The molecule has 0 unspecified atom stereocenters. The van der Waals surface area contributed by atoms with Crippen molar-refractivity contribution in [2.75, 3.05) is 13.7 Å². The molecule has 41 heavy (non-hydrogen) atoms. The minimum absolute atomic E-state index is 0.00335. The predicted molar refractivity (Wildman–Crippen MR) is 147 cm³/mol. The predicted octanol–water partition coefficient (Wildman–Crippen LogP) is 6.68. The first-order valence-electron chi connectivity index (χ1n) is 12.5. The highest BCUT2D eigenvalue weighted by Gasteiger charge is 2.18. The van der Waals surface area contributed by atoms with Gasteiger partial charge < -0.3 is 19.1 Å². The Morgan fingerprint density at radius 3 is 2.56 bits per heavy atom. The van der Waals surface area contributed by atoms with E-state index in [1.54, 1.807) is 22.8 Å². The normalized spacial score (nSPS) is 11.2. The number of nitrogens with zero attached hydrogens (tertiary/aromatic N) is 3. The molecule has 0 bridgehead atoms. The summed E-state index contributed by atoms with van der Waals surface area (Å²) in [7, 11) is 1.53. The highest BCUT2D eigenvalue weighted by Crippen LogP contribution is 2.28. The van der Waals surface area contributed by atoms with Gasteiger partial charge in [0.05, 0.1) is 33.9 Å². The number of hydrogen-bond acceptors (Lipinski definition) is 5. The van der Waals surface area contributed by atoms with Crippen LogP contribution in [-0.2, 0) is 24.3 Å². The van der Waals surface area contributed by atoms with E-state index >= 15 is 8.78 Å². The number of benzene rings is 3. The molecule has 2 heterocycles. The zero-order valence-electron chi connectivity index (χ0n) is 21.7. The first-order valence-corrected chi connectivity index (χ1v) is 12.8. The SMILES string of the molecule is COCCn1c(Cc2cc(F)c(-c3cccc(OCc4ccc(F)cc4Cl)n3)cc2F)nc2ccc(C(=O)O)cc21. The van der Waals surface area contributed by atoms with Crippen LogP contribution in [0.2, 0.25) is 5.02 Å². The third kappa shape index (κ3) is 6.18. The zero-order chi connectivity index (χ0) is 29.1. The number of aromatic nitrogens is 3. The highest BCUT2D eigenvalue weighted by atomic mass is 35.5. The monoisotopic (exact) mass is 581 g/mol. The molecule has 5 rings (SSSR count). The van der Waals surface area contributed by atoms with E-state index in [9.17, 15) is 14.3 Å². The average molecular weight is 582 g/mol. The summed E-state index contributed by atoms with van der Waals surface area (Å²) in [6.45, 7) is 0.653. The van der Waals surface area contributed by atoms with Gasteiger partial charge in [-0.05, 0) is 54.1 Å². The Kier molecular flexibility index (Phi) is 8.23. The van der Waals surface area contributed by atoms with Crippen LogP contribution in [0.25, 0.3) is 22.3 Å². The molecule has 0 aliphatic rings. The van der Waals surface area contributed by atoms with Crippen molar-refractivity contribution in [2.24, 2.45) is 0 Å². The molecule has 1 N–H and O–H groups in total. The Bertz CT molecular complexity index is 1760. The van der Waals surface area contributed by atoms with Crippen molar-refractivity contribution in [3.05, 3.63) is 112 Å². The number of ether oxygens (including phenoxy) is 2. The van der Waals surface area contributed by atoms with Crippen LogP contribution < -0.4 is 4.74 Å². The largest absolute Gasteiger partial charge is 0.478 e. The Labute approximate surface area is 237 Å². The summed E-state index contributed by atoms with van der Waals surface area (Å²) in [6, 6.07) is 15.3. The number of carboxylic acid groups (broad SMARTS) is 1. The molecule has 0 aliphatic heterocycles. The van der Waals surface area contributed by atoms with E-state index in [0.717, 1.165) is 12.1 Å². The average Bonchev–Trinajstić information content (AvgIpc) is 3.29. The zero-order valence-corrected chi connectivity index (χ0v) is 22.5. The lowest BCUT2D eigenvalue weighted by molar-refractivity contribution is 0.0697. The first-order chi connectivity index (χ1) is 19.7. The van der Waals surface area contributed by atoms with Crippen molar-refractivity contribution in [1.82, 2.24) is 14.5 Å². The van der Waals surface area contributed by atoms with Gasteiger partial charge in [0.1, 0.15) is 29.9 Å². The van der Waals surface area contributed by atoms with Crippen LogP contribution in [0, 0.1) is 17.5 Å². The lowest BCUT2D eigenvalue weighted by Gasteiger charge is -2.12. The fourth-order valence-corrected chi connectivity index (χ4v) is 4.62. The molecule has 3 aromatic carbocycles. The molecule has 0 spiro atoms. The third-order valence-corrected chi connectivity index (χ3v) is 6.82. The van der Waals surface area contributed by atoms with Gasteiger partial charge in [0.25, 0.3) is 0 Å². The van der Waals surface area contributed by atoms with Crippen molar-refractivity contribution >= 4 is 28.6 Å². The van der Waals surface area contributed by atoms with E-state index in [1.165, 1.54) is 43.5 Å². The van der Waals surface area contributed by atoms with Gasteiger partial charge in [-0.25, -0.2) is 27.9 Å². The third-order valence-electron chi connectivity index (χ3n) is 6.47. The number of pyridine rings is 1. The van der Waals surface area contributed by atoms with Crippen LogP contribution in [0.4, 0.5) is 13.2 Å². The topological polar surface area (TPSA) is 86.5 Å². The second-order valence-electron chi connectivity index (χ2n) is 9.17. The molecule has 5 aromatic rings. The van der Waals surface area contributed by atoms with Gasteiger partial charge >= 0.3 is 5.97 Å². The molecular formula is C30H23ClF3N3O4. The van der Waals surface area contributed by atoms with Crippen LogP contribution in [-0.4, -0.2) is 39.3 Å². The van der Waals surface area contributed by atoms with Crippen LogP contribution in [0.3, 0.4) is 0 Å². The second-order valence-corrected chi connectivity index (χ2v) is 9.57. The van der Waals surface area contributed by atoms with E-state index < -0.39 is 23.4 Å². The second kappa shape index (κ2) is 12.0. The molecular weight excluding hydrogens is 559 g/mol. The Balaban J connectivity index is 1.41. The fraction of sp³-hybridized carbons (Fsp3) is 0.167. The van der Waals surface area contributed by atoms with Gasteiger partial charge in [-0.1, -0.05) is 23.7 Å². The van der Waals surface area contributed by atoms with E-state index in [4.69, 9.17) is 21.1 Å².